The van der Waals surface area contributed by atoms with Crippen molar-refractivity contribution in [1.29, 1.82) is 0 Å². The Kier molecular flexibility index (Phi) is 5.38. The monoisotopic (exact) mass is 280 g/mol. The lowest BCUT2D eigenvalue weighted by molar-refractivity contribution is 0.115. The lowest BCUT2D eigenvalue weighted by Gasteiger charge is -2.28. The standard InChI is InChI=1S/C16H25FN2O/c1-3-19(11-13-6-5-9-20-13)16-8-4-7-15(17)14(16)10-12(2)18/h4,7-8,12-13H,3,5-6,9-11,18H2,1-2H3. The van der Waals surface area contributed by atoms with Gasteiger partial charge in [-0.2, -0.15) is 0 Å². The third-order valence-corrected chi connectivity index (χ3v) is 3.79. The second kappa shape index (κ2) is 7.04. The molecule has 2 N–H and O–H groups in total. The molecule has 1 aliphatic rings. The fourth-order valence-corrected chi connectivity index (χ4v) is 2.80. The molecule has 1 aromatic carbocycles. The highest BCUT2D eigenvalue weighted by Crippen LogP contribution is 2.26. The highest BCUT2D eigenvalue weighted by molar-refractivity contribution is 5.54. The van der Waals surface area contributed by atoms with Crippen LogP contribution in [0.25, 0.3) is 0 Å². The third kappa shape index (κ3) is 3.70. The molecule has 0 aliphatic carbocycles. The Balaban J connectivity index is 2.21. The van der Waals surface area contributed by atoms with Gasteiger partial charge in [-0.1, -0.05) is 6.07 Å². The van der Waals surface area contributed by atoms with E-state index in [9.17, 15) is 4.39 Å². The number of benzene rings is 1. The number of likely N-dealkylation sites (N-methyl/N-ethyl adjacent to an activating group) is 1. The van der Waals surface area contributed by atoms with E-state index in [0.717, 1.165) is 43.8 Å². The lowest BCUT2D eigenvalue weighted by atomic mass is 10.0. The lowest BCUT2D eigenvalue weighted by Crippen LogP contribution is -2.33. The Morgan fingerprint density at radius 1 is 1.50 bits per heavy atom. The zero-order chi connectivity index (χ0) is 14.5. The molecule has 1 fully saturated rings. The minimum atomic E-state index is -0.161. The van der Waals surface area contributed by atoms with E-state index in [-0.39, 0.29) is 18.0 Å². The number of ether oxygens (including phenoxy) is 1. The summed E-state index contributed by atoms with van der Waals surface area (Å²) in [6, 6.07) is 5.22. The summed E-state index contributed by atoms with van der Waals surface area (Å²) in [7, 11) is 0. The van der Waals surface area contributed by atoms with E-state index in [0.29, 0.717) is 6.42 Å². The van der Waals surface area contributed by atoms with E-state index in [1.807, 2.05) is 13.0 Å². The molecule has 0 amide bonds. The summed E-state index contributed by atoms with van der Waals surface area (Å²) in [5, 5.41) is 0. The van der Waals surface area contributed by atoms with Crippen molar-refractivity contribution in [1.82, 2.24) is 0 Å². The van der Waals surface area contributed by atoms with E-state index in [4.69, 9.17) is 10.5 Å². The number of nitrogens with two attached hydrogens (primary N) is 1. The summed E-state index contributed by atoms with van der Waals surface area (Å²) in [5.74, 6) is -0.161. The van der Waals surface area contributed by atoms with Gasteiger partial charge in [0.2, 0.25) is 0 Å². The molecule has 0 bridgehead atoms. The van der Waals surface area contributed by atoms with Crippen LogP contribution in [0, 0.1) is 5.82 Å². The summed E-state index contributed by atoms with van der Waals surface area (Å²) in [4.78, 5) is 2.21. The first-order chi connectivity index (χ1) is 9.61. The number of anilines is 1. The van der Waals surface area contributed by atoms with Crippen molar-refractivity contribution in [2.24, 2.45) is 5.73 Å². The van der Waals surface area contributed by atoms with Crippen LogP contribution >= 0.6 is 0 Å². The van der Waals surface area contributed by atoms with Crippen LogP contribution in [0.1, 0.15) is 32.3 Å². The van der Waals surface area contributed by atoms with Gasteiger partial charge in [0.1, 0.15) is 5.82 Å². The van der Waals surface area contributed by atoms with Crippen molar-refractivity contribution >= 4 is 5.69 Å². The minimum absolute atomic E-state index is 0.0490. The number of halogens is 1. The maximum Gasteiger partial charge on any atom is 0.128 e. The molecule has 2 rings (SSSR count). The zero-order valence-electron chi connectivity index (χ0n) is 12.4. The molecule has 0 saturated carbocycles. The van der Waals surface area contributed by atoms with E-state index >= 15 is 0 Å². The fraction of sp³-hybridized carbons (Fsp3) is 0.625. The first-order valence-corrected chi connectivity index (χ1v) is 7.51. The van der Waals surface area contributed by atoms with Crippen LogP contribution in [0.5, 0.6) is 0 Å². The van der Waals surface area contributed by atoms with Gasteiger partial charge in [0.05, 0.1) is 6.10 Å². The molecule has 0 spiro atoms. The molecule has 1 aromatic rings. The average Bonchev–Trinajstić information content (AvgIpc) is 2.91. The fourth-order valence-electron chi connectivity index (χ4n) is 2.80. The van der Waals surface area contributed by atoms with E-state index in [1.165, 1.54) is 6.07 Å². The third-order valence-electron chi connectivity index (χ3n) is 3.79. The molecule has 2 unspecified atom stereocenters. The molecular weight excluding hydrogens is 255 g/mol. The highest BCUT2D eigenvalue weighted by atomic mass is 19.1. The van der Waals surface area contributed by atoms with Crippen molar-refractivity contribution in [3.63, 3.8) is 0 Å². The Morgan fingerprint density at radius 3 is 2.90 bits per heavy atom. The number of rotatable bonds is 6. The number of hydrogen-bond acceptors (Lipinski definition) is 3. The summed E-state index contributed by atoms with van der Waals surface area (Å²) in [6.45, 7) is 6.52. The molecule has 3 nitrogen and oxygen atoms in total. The van der Waals surface area contributed by atoms with Gasteiger partial charge in [-0.3, -0.25) is 0 Å². The molecule has 1 saturated heterocycles. The van der Waals surface area contributed by atoms with Gasteiger partial charge < -0.3 is 15.4 Å². The summed E-state index contributed by atoms with van der Waals surface area (Å²) in [6.07, 6.45) is 3.04. The number of hydrogen-bond donors (Lipinski definition) is 1. The Hall–Kier alpha value is -1.13. The SMILES string of the molecule is CCN(CC1CCCO1)c1cccc(F)c1CC(C)N. The van der Waals surface area contributed by atoms with Gasteiger partial charge in [-0.15, -0.1) is 0 Å². The molecule has 1 heterocycles. The normalized spacial score (nSPS) is 20.1. The van der Waals surface area contributed by atoms with Crippen molar-refractivity contribution in [2.75, 3.05) is 24.6 Å². The van der Waals surface area contributed by atoms with Gasteiger partial charge in [0.25, 0.3) is 0 Å². The quantitative estimate of drug-likeness (QED) is 0.870. The predicted molar refractivity (Wildman–Crippen MR) is 80.6 cm³/mol. The Bertz CT molecular complexity index is 430. The topological polar surface area (TPSA) is 38.5 Å². The first-order valence-electron chi connectivity index (χ1n) is 7.51. The Labute approximate surface area is 120 Å². The average molecular weight is 280 g/mol. The van der Waals surface area contributed by atoms with Gasteiger partial charge in [-0.05, 0) is 45.2 Å². The van der Waals surface area contributed by atoms with Crippen LogP contribution in [0.4, 0.5) is 10.1 Å². The number of nitrogens with zero attached hydrogens (tertiary/aromatic N) is 1. The van der Waals surface area contributed by atoms with Gasteiger partial charge in [-0.25, -0.2) is 4.39 Å². The van der Waals surface area contributed by atoms with Crippen LogP contribution < -0.4 is 10.6 Å². The van der Waals surface area contributed by atoms with Crippen LogP contribution in [0.3, 0.4) is 0 Å². The molecule has 20 heavy (non-hydrogen) atoms. The molecule has 4 heteroatoms. The predicted octanol–water partition coefficient (Wildman–Crippen LogP) is 2.72. The zero-order valence-corrected chi connectivity index (χ0v) is 12.4. The summed E-state index contributed by atoms with van der Waals surface area (Å²) in [5.41, 5.74) is 7.54. The molecule has 112 valence electrons. The second-order valence-corrected chi connectivity index (χ2v) is 5.59. The van der Waals surface area contributed by atoms with E-state index in [1.54, 1.807) is 6.07 Å². The van der Waals surface area contributed by atoms with Crippen molar-refractivity contribution < 1.29 is 9.13 Å². The maximum atomic E-state index is 14.1. The molecule has 0 aromatic heterocycles. The van der Waals surface area contributed by atoms with Crippen LogP contribution in [-0.4, -0.2) is 31.8 Å². The van der Waals surface area contributed by atoms with Gasteiger partial charge in [0, 0.05) is 37.0 Å². The molecular formula is C16H25FN2O. The van der Waals surface area contributed by atoms with Crippen molar-refractivity contribution in [2.45, 2.75) is 45.3 Å². The first kappa shape index (κ1) is 15.3. The van der Waals surface area contributed by atoms with Gasteiger partial charge in [0.15, 0.2) is 0 Å². The van der Waals surface area contributed by atoms with Crippen LogP contribution in [0.15, 0.2) is 18.2 Å². The summed E-state index contributed by atoms with van der Waals surface area (Å²) < 4.78 is 19.8. The van der Waals surface area contributed by atoms with E-state index < -0.39 is 0 Å². The largest absolute Gasteiger partial charge is 0.376 e. The Morgan fingerprint density at radius 2 is 2.30 bits per heavy atom. The smallest absolute Gasteiger partial charge is 0.128 e. The van der Waals surface area contributed by atoms with Crippen molar-refractivity contribution in [3.05, 3.63) is 29.6 Å². The van der Waals surface area contributed by atoms with Crippen molar-refractivity contribution in [3.8, 4) is 0 Å². The highest BCUT2D eigenvalue weighted by Gasteiger charge is 2.21. The molecule has 0 radical (unpaired) electrons. The second-order valence-electron chi connectivity index (χ2n) is 5.59. The maximum absolute atomic E-state index is 14.1. The van der Waals surface area contributed by atoms with Gasteiger partial charge >= 0.3 is 0 Å². The minimum Gasteiger partial charge on any atom is -0.376 e. The van der Waals surface area contributed by atoms with Crippen LogP contribution in [-0.2, 0) is 11.2 Å². The van der Waals surface area contributed by atoms with E-state index in [2.05, 4.69) is 11.8 Å². The summed E-state index contributed by atoms with van der Waals surface area (Å²) >= 11 is 0. The molecule has 1 aliphatic heterocycles. The molecule has 2 atom stereocenters. The van der Waals surface area contributed by atoms with Crippen LogP contribution in [0.2, 0.25) is 0 Å².